The second-order valence-electron chi connectivity index (χ2n) is 6.60. The number of hydrogen-bond donors (Lipinski definition) is 1. The van der Waals surface area contributed by atoms with Gasteiger partial charge in [0.05, 0.1) is 23.1 Å². The molecule has 0 bridgehead atoms. The summed E-state index contributed by atoms with van der Waals surface area (Å²) in [6, 6.07) is 13.2. The van der Waals surface area contributed by atoms with Crippen LogP contribution < -0.4 is 5.32 Å². The number of thiophene rings is 1. The Morgan fingerprint density at radius 1 is 1.13 bits per heavy atom. The van der Waals surface area contributed by atoms with E-state index in [-0.39, 0.29) is 5.82 Å². The van der Waals surface area contributed by atoms with Crippen molar-refractivity contribution >= 4 is 44.9 Å². The Morgan fingerprint density at radius 2 is 1.83 bits per heavy atom. The van der Waals surface area contributed by atoms with Gasteiger partial charge >= 0.3 is 5.97 Å². The first-order valence-electron chi connectivity index (χ1n) is 9.10. The lowest BCUT2D eigenvalue weighted by molar-refractivity contribution is 0.0600. The Kier molecular flexibility index (Phi) is 5.65. The van der Waals surface area contributed by atoms with Crippen LogP contribution in [0.25, 0.3) is 21.6 Å². The predicted molar refractivity (Wildman–Crippen MR) is 118 cm³/mol. The van der Waals surface area contributed by atoms with E-state index in [9.17, 15) is 9.18 Å². The molecule has 2 aromatic carbocycles. The van der Waals surface area contributed by atoms with Crippen LogP contribution >= 0.6 is 22.9 Å². The van der Waals surface area contributed by atoms with Gasteiger partial charge in [-0.25, -0.2) is 19.2 Å². The van der Waals surface area contributed by atoms with Crippen LogP contribution in [0.5, 0.6) is 0 Å². The van der Waals surface area contributed by atoms with Gasteiger partial charge in [-0.3, -0.25) is 0 Å². The molecular formula is C22H17ClFN3O2S. The number of methoxy groups -OCH3 is 1. The van der Waals surface area contributed by atoms with Crippen LogP contribution in [0, 0.1) is 12.7 Å². The van der Waals surface area contributed by atoms with Crippen molar-refractivity contribution in [3.8, 4) is 11.4 Å². The third-order valence-electron chi connectivity index (χ3n) is 4.59. The maximum atomic E-state index is 13.2. The molecule has 0 fully saturated rings. The van der Waals surface area contributed by atoms with Crippen LogP contribution in [0.2, 0.25) is 5.02 Å². The van der Waals surface area contributed by atoms with Crippen molar-refractivity contribution in [1.29, 1.82) is 0 Å². The Morgan fingerprint density at radius 3 is 2.50 bits per heavy atom. The van der Waals surface area contributed by atoms with Gasteiger partial charge in [0.25, 0.3) is 0 Å². The fourth-order valence-electron chi connectivity index (χ4n) is 3.00. The van der Waals surface area contributed by atoms with Crippen molar-refractivity contribution < 1.29 is 13.9 Å². The molecule has 5 nitrogen and oxygen atoms in total. The summed E-state index contributed by atoms with van der Waals surface area (Å²) < 4.78 is 17.9. The molecule has 0 aliphatic carbocycles. The summed E-state index contributed by atoms with van der Waals surface area (Å²) in [4.78, 5) is 22.7. The van der Waals surface area contributed by atoms with E-state index >= 15 is 0 Å². The Bertz CT molecular complexity index is 1220. The third kappa shape index (κ3) is 3.99. The first kappa shape index (κ1) is 20.3. The van der Waals surface area contributed by atoms with Gasteiger partial charge in [0.15, 0.2) is 5.82 Å². The van der Waals surface area contributed by atoms with Gasteiger partial charge in [-0.2, -0.15) is 0 Å². The average Bonchev–Trinajstić information content (AvgIpc) is 3.06. The number of halogens is 2. The number of carbonyl (C=O) groups excluding carboxylic acids is 1. The number of hydrogen-bond acceptors (Lipinski definition) is 6. The standard InChI is InChI=1S/C22H17ClFN3O2S/c1-12-18(23)17-20(25-11-13-3-9-16(24)10-4-13)26-19(27-21(17)30-12)14-5-7-15(8-6-14)22(28)29-2/h3-10H,11H2,1-2H3,(H,25,26,27). The van der Waals surface area contributed by atoms with Gasteiger partial charge in [0.1, 0.15) is 16.5 Å². The minimum absolute atomic E-state index is 0.280. The summed E-state index contributed by atoms with van der Waals surface area (Å²) in [6.45, 7) is 2.39. The van der Waals surface area contributed by atoms with Crippen molar-refractivity contribution in [2.75, 3.05) is 12.4 Å². The zero-order chi connectivity index (χ0) is 21.3. The summed E-state index contributed by atoms with van der Waals surface area (Å²) in [7, 11) is 1.34. The topological polar surface area (TPSA) is 64.1 Å². The SMILES string of the molecule is COC(=O)c1ccc(-c2nc(NCc3ccc(F)cc3)c3c(Cl)c(C)sc3n2)cc1. The lowest BCUT2D eigenvalue weighted by Gasteiger charge is -2.10. The summed E-state index contributed by atoms with van der Waals surface area (Å²) in [5.74, 6) is 0.432. The van der Waals surface area contributed by atoms with Crippen LogP contribution in [0.4, 0.5) is 10.2 Å². The highest BCUT2D eigenvalue weighted by molar-refractivity contribution is 7.19. The molecule has 2 aromatic heterocycles. The molecule has 0 saturated heterocycles. The quantitative estimate of drug-likeness (QED) is 0.393. The molecule has 4 rings (SSSR count). The van der Waals surface area contributed by atoms with E-state index in [2.05, 4.69) is 15.3 Å². The monoisotopic (exact) mass is 441 g/mol. The van der Waals surface area contributed by atoms with Crippen LogP contribution in [0.15, 0.2) is 48.5 Å². The highest BCUT2D eigenvalue weighted by atomic mass is 35.5. The van der Waals surface area contributed by atoms with E-state index in [4.69, 9.17) is 16.3 Å². The Labute approximate surface area is 181 Å². The minimum atomic E-state index is -0.403. The molecule has 152 valence electrons. The smallest absolute Gasteiger partial charge is 0.337 e. The normalized spacial score (nSPS) is 10.9. The number of anilines is 1. The molecule has 0 aliphatic rings. The molecule has 1 N–H and O–H groups in total. The first-order valence-corrected chi connectivity index (χ1v) is 10.3. The van der Waals surface area contributed by atoms with Gasteiger partial charge < -0.3 is 10.1 Å². The highest BCUT2D eigenvalue weighted by Gasteiger charge is 2.17. The molecule has 0 atom stereocenters. The van der Waals surface area contributed by atoms with E-state index in [1.807, 2.05) is 6.92 Å². The van der Waals surface area contributed by atoms with Crippen molar-refractivity contribution in [3.63, 3.8) is 0 Å². The van der Waals surface area contributed by atoms with E-state index in [0.717, 1.165) is 26.2 Å². The van der Waals surface area contributed by atoms with Crippen molar-refractivity contribution in [1.82, 2.24) is 9.97 Å². The van der Waals surface area contributed by atoms with Gasteiger partial charge in [-0.1, -0.05) is 35.9 Å². The molecule has 0 saturated carbocycles. The number of carbonyl (C=O) groups is 1. The van der Waals surface area contributed by atoms with E-state index in [1.165, 1.54) is 30.6 Å². The zero-order valence-corrected chi connectivity index (χ0v) is 17.8. The largest absolute Gasteiger partial charge is 0.465 e. The number of fused-ring (bicyclic) bond motifs is 1. The van der Waals surface area contributed by atoms with Crippen molar-refractivity contribution in [2.45, 2.75) is 13.5 Å². The molecule has 4 aromatic rings. The number of benzene rings is 2. The predicted octanol–water partition coefficient (Wildman–Crippen LogP) is 5.86. The summed E-state index contributed by atoms with van der Waals surface area (Å²) in [5.41, 5.74) is 2.12. The minimum Gasteiger partial charge on any atom is -0.465 e. The maximum absolute atomic E-state index is 13.2. The lowest BCUT2D eigenvalue weighted by Crippen LogP contribution is -2.04. The fraction of sp³-hybridized carbons (Fsp3) is 0.136. The van der Waals surface area contributed by atoms with E-state index in [0.29, 0.717) is 28.8 Å². The van der Waals surface area contributed by atoms with Crippen LogP contribution in [-0.2, 0) is 11.3 Å². The fourth-order valence-corrected chi connectivity index (χ4v) is 4.26. The number of aromatic nitrogens is 2. The maximum Gasteiger partial charge on any atom is 0.337 e. The third-order valence-corrected chi connectivity index (χ3v) is 6.18. The highest BCUT2D eigenvalue weighted by Crippen LogP contribution is 2.38. The molecule has 0 amide bonds. The van der Waals surface area contributed by atoms with Crippen molar-refractivity contribution in [2.24, 2.45) is 0 Å². The number of rotatable bonds is 5. The average molecular weight is 442 g/mol. The van der Waals surface area contributed by atoms with Gasteiger partial charge in [-0.15, -0.1) is 11.3 Å². The first-order chi connectivity index (χ1) is 14.5. The van der Waals surface area contributed by atoms with Crippen LogP contribution in [0.3, 0.4) is 0 Å². The number of esters is 1. The summed E-state index contributed by atoms with van der Waals surface area (Å²) in [5, 5.41) is 4.68. The van der Waals surface area contributed by atoms with Crippen LogP contribution in [-0.4, -0.2) is 23.0 Å². The summed E-state index contributed by atoms with van der Waals surface area (Å²) in [6.07, 6.45) is 0. The second kappa shape index (κ2) is 8.38. The Balaban J connectivity index is 1.72. The molecule has 8 heteroatoms. The second-order valence-corrected chi connectivity index (χ2v) is 8.18. The molecule has 0 radical (unpaired) electrons. The molecule has 0 aliphatic heterocycles. The van der Waals surface area contributed by atoms with E-state index in [1.54, 1.807) is 36.4 Å². The number of ether oxygens (including phenoxy) is 1. The number of nitrogens with one attached hydrogen (secondary N) is 1. The van der Waals surface area contributed by atoms with Crippen LogP contribution in [0.1, 0.15) is 20.8 Å². The summed E-state index contributed by atoms with van der Waals surface area (Å²) >= 11 is 8.00. The zero-order valence-electron chi connectivity index (χ0n) is 16.2. The molecule has 2 heterocycles. The molecule has 30 heavy (non-hydrogen) atoms. The number of aryl methyl sites for hydroxylation is 1. The number of nitrogens with zero attached hydrogens (tertiary/aromatic N) is 2. The Hall–Kier alpha value is -3.03. The van der Waals surface area contributed by atoms with Gasteiger partial charge in [-0.05, 0) is 36.8 Å². The molecule has 0 spiro atoms. The van der Waals surface area contributed by atoms with E-state index < -0.39 is 5.97 Å². The van der Waals surface area contributed by atoms with Gasteiger partial charge in [0, 0.05) is 17.0 Å². The molecular weight excluding hydrogens is 425 g/mol. The van der Waals surface area contributed by atoms with Gasteiger partial charge in [0.2, 0.25) is 0 Å². The molecule has 0 unspecified atom stereocenters. The lowest BCUT2D eigenvalue weighted by atomic mass is 10.1. The van der Waals surface area contributed by atoms with Crippen molar-refractivity contribution in [3.05, 3.63) is 75.4 Å².